The van der Waals surface area contributed by atoms with Crippen LogP contribution in [0.1, 0.15) is 31.1 Å². The molecule has 0 bridgehead atoms. The third-order valence-electron chi connectivity index (χ3n) is 3.13. The van der Waals surface area contributed by atoms with Crippen molar-refractivity contribution in [2.75, 3.05) is 0 Å². The van der Waals surface area contributed by atoms with E-state index in [1.807, 2.05) is 49.0 Å². The normalized spacial score (nSPS) is 12.9. The number of aliphatic hydroxyl groups is 1. The Bertz CT molecular complexity index is 563. The molecule has 2 rings (SSSR count). The van der Waals surface area contributed by atoms with Crippen molar-refractivity contribution in [3.05, 3.63) is 57.8 Å². The fourth-order valence-electron chi connectivity index (χ4n) is 1.98. The van der Waals surface area contributed by atoms with Crippen LogP contribution < -0.4 is 0 Å². The number of aliphatic hydroxyl groups excluding tert-OH is 1. The fraction of sp³-hybridized carbons (Fsp3) is 0.333. The Kier molecular flexibility index (Phi) is 4.56. The van der Waals surface area contributed by atoms with Crippen molar-refractivity contribution < 1.29 is 5.11 Å². The Morgan fingerprint density at radius 2 is 1.95 bits per heavy atom. The molecular formula is C15H17Cl2NO. The molecule has 1 atom stereocenters. The average molecular weight is 298 g/mol. The molecule has 0 aliphatic heterocycles. The van der Waals surface area contributed by atoms with Gasteiger partial charge in [-0.25, -0.2) is 0 Å². The summed E-state index contributed by atoms with van der Waals surface area (Å²) in [4.78, 5) is 0. The lowest BCUT2D eigenvalue weighted by atomic mass is 10.0. The lowest BCUT2D eigenvalue weighted by molar-refractivity contribution is 0.127. The summed E-state index contributed by atoms with van der Waals surface area (Å²) in [5.74, 6) is 0.200. The molecule has 1 unspecified atom stereocenters. The van der Waals surface area contributed by atoms with Crippen LogP contribution in [0.2, 0.25) is 10.0 Å². The van der Waals surface area contributed by atoms with Gasteiger partial charge in [0.1, 0.15) is 0 Å². The largest absolute Gasteiger partial charge is 0.388 e. The molecule has 0 saturated carbocycles. The van der Waals surface area contributed by atoms with E-state index in [4.69, 9.17) is 23.2 Å². The smallest absolute Gasteiger partial charge is 0.0827 e. The van der Waals surface area contributed by atoms with E-state index in [2.05, 4.69) is 0 Å². The van der Waals surface area contributed by atoms with Crippen LogP contribution in [-0.4, -0.2) is 9.67 Å². The summed E-state index contributed by atoms with van der Waals surface area (Å²) < 4.78 is 2.00. The standard InChI is InChI=1S/C15H17Cl2NO/c1-10(2)15(19)12-6-7-18(9-12)8-11-4-3-5-13(16)14(11)17/h3-7,9-10,15,19H,8H2,1-2H3. The van der Waals surface area contributed by atoms with Gasteiger partial charge in [-0.2, -0.15) is 0 Å². The minimum atomic E-state index is -0.434. The minimum absolute atomic E-state index is 0.200. The third kappa shape index (κ3) is 3.33. The van der Waals surface area contributed by atoms with E-state index in [-0.39, 0.29) is 5.92 Å². The maximum absolute atomic E-state index is 10.0. The van der Waals surface area contributed by atoms with Crippen LogP contribution in [0.5, 0.6) is 0 Å². The number of halogens is 2. The van der Waals surface area contributed by atoms with Gasteiger partial charge in [0.25, 0.3) is 0 Å². The van der Waals surface area contributed by atoms with Gasteiger partial charge < -0.3 is 9.67 Å². The Morgan fingerprint density at radius 3 is 2.63 bits per heavy atom. The Balaban J connectivity index is 2.18. The zero-order chi connectivity index (χ0) is 14.0. The van der Waals surface area contributed by atoms with Crippen LogP contribution in [-0.2, 0) is 6.54 Å². The third-order valence-corrected chi connectivity index (χ3v) is 3.99. The molecule has 0 fully saturated rings. The molecule has 19 heavy (non-hydrogen) atoms. The van der Waals surface area contributed by atoms with Gasteiger partial charge in [0.05, 0.1) is 16.1 Å². The van der Waals surface area contributed by atoms with Gasteiger partial charge >= 0.3 is 0 Å². The van der Waals surface area contributed by atoms with Crippen molar-refractivity contribution in [3.63, 3.8) is 0 Å². The molecule has 1 heterocycles. The zero-order valence-corrected chi connectivity index (χ0v) is 12.5. The molecule has 0 spiro atoms. The van der Waals surface area contributed by atoms with Crippen molar-refractivity contribution >= 4 is 23.2 Å². The van der Waals surface area contributed by atoms with Gasteiger partial charge in [0.15, 0.2) is 0 Å². The second kappa shape index (κ2) is 6.00. The van der Waals surface area contributed by atoms with E-state index in [9.17, 15) is 5.11 Å². The average Bonchev–Trinajstić information content (AvgIpc) is 2.82. The summed E-state index contributed by atoms with van der Waals surface area (Å²) in [6.45, 7) is 4.63. The molecule has 0 saturated heterocycles. The van der Waals surface area contributed by atoms with Gasteiger partial charge in [-0.15, -0.1) is 0 Å². The molecule has 2 aromatic rings. The molecule has 1 aromatic heterocycles. The highest BCUT2D eigenvalue weighted by Gasteiger charge is 2.13. The van der Waals surface area contributed by atoms with E-state index < -0.39 is 6.10 Å². The lowest BCUT2D eigenvalue weighted by Gasteiger charge is -2.12. The first-order chi connectivity index (χ1) is 8.99. The molecule has 4 heteroatoms. The summed E-state index contributed by atoms with van der Waals surface area (Å²) in [6.07, 6.45) is 3.45. The van der Waals surface area contributed by atoms with Crippen molar-refractivity contribution in [2.24, 2.45) is 5.92 Å². The summed E-state index contributed by atoms with van der Waals surface area (Å²) in [5, 5.41) is 11.2. The summed E-state index contributed by atoms with van der Waals surface area (Å²) >= 11 is 12.2. The highest BCUT2D eigenvalue weighted by molar-refractivity contribution is 6.42. The van der Waals surface area contributed by atoms with Crippen LogP contribution >= 0.6 is 23.2 Å². The highest BCUT2D eigenvalue weighted by atomic mass is 35.5. The number of aromatic nitrogens is 1. The van der Waals surface area contributed by atoms with E-state index in [1.165, 1.54) is 0 Å². The maximum atomic E-state index is 10.0. The first kappa shape index (κ1) is 14.4. The highest BCUT2D eigenvalue weighted by Crippen LogP contribution is 2.27. The Labute approximate surface area is 123 Å². The second-order valence-electron chi connectivity index (χ2n) is 5.02. The van der Waals surface area contributed by atoms with Gasteiger partial charge in [-0.1, -0.05) is 49.2 Å². The Hall–Kier alpha value is -0.960. The van der Waals surface area contributed by atoms with Gasteiger partial charge in [0, 0.05) is 18.9 Å². The van der Waals surface area contributed by atoms with Crippen molar-refractivity contribution in [1.29, 1.82) is 0 Å². The molecule has 0 amide bonds. The first-order valence-corrected chi connectivity index (χ1v) is 7.01. The predicted molar refractivity (Wildman–Crippen MR) is 79.8 cm³/mol. The summed E-state index contributed by atoms with van der Waals surface area (Å²) in [5.41, 5.74) is 1.89. The topological polar surface area (TPSA) is 25.2 Å². The van der Waals surface area contributed by atoms with Crippen LogP contribution in [0.4, 0.5) is 0 Å². The quantitative estimate of drug-likeness (QED) is 0.881. The van der Waals surface area contributed by atoms with E-state index in [0.717, 1.165) is 11.1 Å². The van der Waals surface area contributed by atoms with Gasteiger partial charge in [-0.3, -0.25) is 0 Å². The van der Waals surface area contributed by atoms with Gasteiger partial charge in [0.2, 0.25) is 0 Å². The fourth-order valence-corrected chi connectivity index (χ4v) is 2.36. The van der Waals surface area contributed by atoms with Gasteiger partial charge in [-0.05, 0) is 29.2 Å². The van der Waals surface area contributed by atoms with Crippen LogP contribution in [0.3, 0.4) is 0 Å². The SMILES string of the molecule is CC(C)C(O)c1ccn(Cc2cccc(Cl)c2Cl)c1. The Morgan fingerprint density at radius 1 is 1.21 bits per heavy atom. The zero-order valence-electron chi connectivity index (χ0n) is 11.0. The van der Waals surface area contributed by atoms with E-state index in [1.54, 1.807) is 6.07 Å². The predicted octanol–water partition coefficient (Wildman–Crippen LogP) is 4.53. The molecule has 0 aliphatic rings. The monoisotopic (exact) mass is 297 g/mol. The number of benzene rings is 1. The van der Waals surface area contributed by atoms with Crippen LogP contribution in [0.15, 0.2) is 36.7 Å². The molecular weight excluding hydrogens is 281 g/mol. The number of nitrogens with zero attached hydrogens (tertiary/aromatic N) is 1. The molecule has 0 aliphatic carbocycles. The van der Waals surface area contributed by atoms with E-state index in [0.29, 0.717) is 16.6 Å². The van der Waals surface area contributed by atoms with Crippen molar-refractivity contribution in [3.8, 4) is 0 Å². The molecule has 1 N–H and O–H groups in total. The lowest BCUT2D eigenvalue weighted by Crippen LogP contribution is -2.04. The summed E-state index contributed by atoms with van der Waals surface area (Å²) in [6, 6.07) is 7.55. The van der Waals surface area contributed by atoms with Crippen LogP contribution in [0.25, 0.3) is 0 Å². The number of rotatable bonds is 4. The second-order valence-corrected chi connectivity index (χ2v) is 5.80. The number of hydrogen-bond acceptors (Lipinski definition) is 1. The molecule has 1 aromatic carbocycles. The van der Waals surface area contributed by atoms with Crippen molar-refractivity contribution in [2.45, 2.75) is 26.5 Å². The van der Waals surface area contributed by atoms with Crippen LogP contribution in [0, 0.1) is 5.92 Å². The summed E-state index contributed by atoms with van der Waals surface area (Å²) in [7, 11) is 0. The first-order valence-electron chi connectivity index (χ1n) is 6.25. The molecule has 0 radical (unpaired) electrons. The minimum Gasteiger partial charge on any atom is -0.388 e. The molecule has 2 nitrogen and oxygen atoms in total. The van der Waals surface area contributed by atoms with Crippen molar-refractivity contribution in [1.82, 2.24) is 4.57 Å². The molecule has 102 valence electrons. The van der Waals surface area contributed by atoms with E-state index >= 15 is 0 Å². The maximum Gasteiger partial charge on any atom is 0.0827 e. The number of hydrogen-bond donors (Lipinski definition) is 1.